The summed E-state index contributed by atoms with van der Waals surface area (Å²) < 4.78 is 11.8. The van der Waals surface area contributed by atoms with Crippen molar-refractivity contribution in [2.75, 3.05) is 0 Å². The van der Waals surface area contributed by atoms with Crippen LogP contribution in [0.1, 0.15) is 0 Å². The average molecular weight is 267 g/mol. The van der Waals surface area contributed by atoms with E-state index >= 15 is 0 Å². The lowest BCUT2D eigenvalue weighted by molar-refractivity contribution is 0.513. The van der Waals surface area contributed by atoms with E-state index in [0.717, 1.165) is 21.9 Å². The number of hydrogen-bond donors (Lipinski definition) is 1. The topological polar surface area (TPSA) is 37.3 Å². The third-order valence-electron chi connectivity index (χ3n) is 3.18. The molecule has 1 N–H and O–H groups in total. The van der Waals surface area contributed by atoms with Crippen molar-refractivity contribution in [2.45, 2.75) is 0 Å². The zero-order valence-electron chi connectivity index (χ0n) is 10.2. The summed E-state index contributed by atoms with van der Waals surface area (Å²) in [5, 5.41) is 2.33. The maximum absolute atomic E-state index is 11.8. The van der Waals surface area contributed by atoms with Crippen molar-refractivity contribution in [1.82, 2.24) is 0 Å². The molecule has 0 amide bonds. The molecule has 0 saturated heterocycles. The fourth-order valence-electron chi connectivity index (χ4n) is 2.31. The standard InChI is InChI=1S/C16H11O2P/c17-19(18)16-14-9-5-4-8-13(14)10-11-15(16)12-6-2-1-3-7-12/h1-11H/p+1. The van der Waals surface area contributed by atoms with Crippen LogP contribution in [0.3, 0.4) is 0 Å². The second-order valence-electron chi connectivity index (χ2n) is 4.32. The Morgan fingerprint density at radius 1 is 0.789 bits per heavy atom. The summed E-state index contributed by atoms with van der Waals surface area (Å²) in [4.78, 5) is 9.67. The van der Waals surface area contributed by atoms with E-state index in [1.54, 1.807) is 0 Å². The third kappa shape index (κ3) is 2.17. The molecular weight excluding hydrogens is 255 g/mol. The molecule has 0 aliphatic heterocycles. The van der Waals surface area contributed by atoms with Crippen molar-refractivity contribution >= 4 is 24.1 Å². The summed E-state index contributed by atoms with van der Waals surface area (Å²) in [5.41, 5.74) is 1.78. The Kier molecular flexibility index (Phi) is 3.12. The zero-order chi connectivity index (χ0) is 13.2. The van der Waals surface area contributed by atoms with Gasteiger partial charge < -0.3 is 0 Å². The maximum Gasteiger partial charge on any atom is 0.547 e. The van der Waals surface area contributed by atoms with Crippen LogP contribution in [0.2, 0.25) is 0 Å². The van der Waals surface area contributed by atoms with Crippen LogP contribution in [0.5, 0.6) is 0 Å². The van der Waals surface area contributed by atoms with Gasteiger partial charge in [0.2, 0.25) is 5.30 Å². The quantitative estimate of drug-likeness (QED) is 0.716. The van der Waals surface area contributed by atoms with Gasteiger partial charge in [0.05, 0.1) is 0 Å². The first kappa shape index (κ1) is 12.0. The van der Waals surface area contributed by atoms with E-state index in [-0.39, 0.29) is 0 Å². The van der Waals surface area contributed by atoms with E-state index in [2.05, 4.69) is 0 Å². The Morgan fingerprint density at radius 3 is 2.21 bits per heavy atom. The van der Waals surface area contributed by atoms with Crippen LogP contribution in [0.4, 0.5) is 0 Å². The van der Waals surface area contributed by atoms with E-state index in [1.165, 1.54) is 0 Å². The smallest absolute Gasteiger partial charge is 0.156 e. The molecular formula is C16H12O2P+. The van der Waals surface area contributed by atoms with Gasteiger partial charge in [-0.3, -0.25) is 0 Å². The molecule has 0 bridgehead atoms. The highest BCUT2D eigenvalue weighted by Gasteiger charge is 2.25. The van der Waals surface area contributed by atoms with Crippen LogP contribution in [-0.4, -0.2) is 4.89 Å². The van der Waals surface area contributed by atoms with Gasteiger partial charge in [-0.05, 0) is 27.6 Å². The molecule has 0 spiro atoms. The van der Waals surface area contributed by atoms with Crippen molar-refractivity contribution in [3.63, 3.8) is 0 Å². The van der Waals surface area contributed by atoms with Crippen LogP contribution in [-0.2, 0) is 4.57 Å². The lowest BCUT2D eigenvalue weighted by Crippen LogP contribution is -2.03. The number of rotatable bonds is 2. The Balaban J connectivity index is 2.37. The maximum atomic E-state index is 11.8. The minimum Gasteiger partial charge on any atom is -0.156 e. The molecule has 2 nitrogen and oxygen atoms in total. The lowest BCUT2D eigenvalue weighted by Gasteiger charge is -2.04. The predicted molar refractivity (Wildman–Crippen MR) is 78.8 cm³/mol. The molecule has 1 atom stereocenters. The molecule has 0 fully saturated rings. The number of benzene rings is 3. The molecule has 1 unspecified atom stereocenters. The van der Waals surface area contributed by atoms with Gasteiger partial charge in [-0.15, -0.1) is 0 Å². The second kappa shape index (κ2) is 4.93. The van der Waals surface area contributed by atoms with Crippen LogP contribution in [0.25, 0.3) is 21.9 Å². The van der Waals surface area contributed by atoms with Crippen molar-refractivity contribution < 1.29 is 9.46 Å². The van der Waals surface area contributed by atoms with Gasteiger partial charge in [0.25, 0.3) is 0 Å². The normalized spacial score (nSPS) is 11.5. The fourth-order valence-corrected chi connectivity index (χ4v) is 3.13. The summed E-state index contributed by atoms with van der Waals surface area (Å²) in [6.45, 7) is 0. The highest BCUT2D eigenvalue weighted by atomic mass is 31.1. The third-order valence-corrected chi connectivity index (χ3v) is 4.04. The van der Waals surface area contributed by atoms with Crippen molar-refractivity contribution in [3.05, 3.63) is 66.7 Å². The summed E-state index contributed by atoms with van der Waals surface area (Å²) in [6, 6.07) is 21.3. The minimum atomic E-state index is -2.39. The summed E-state index contributed by atoms with van der Waals surface area (Å²) in [5.74, 6) is 0. The molecule has 3 rings (SSSR count). The molecule has 0 aliphatic rings. The Bertz CT molecular complexity index is 751. The first-order valence-electron chi connectivity index (χ1n) is 6.00. The van der Waals surface area contributed by atoms with Gasteiger partial charge in [-0.1, -0.05) is 54.6 Å². The van der Waals surface area contributed by atoms with Gasteiger partial charge in [0, 0.05) is 10.9 Å². The van der Waals surface area contributed by atoms with Gasteiger partial charge in [-0.25, -0.2) is 0 Å². The van der Waals surface area contributed by atoms with Crippen molar-refractivity contribution in [3.8, 4) is 11.1 Å². The average Bonchev–Trinajstić information content (AvgIpc) is 2.46. The first-order chi connectivity index (χ1) is 9.27. The van der Waals surface area contributed by atoms with Crippen molar-refractivity contribution in [2.24, 2.45) is 0 Å². The minimum absolute atomic E-state index is 0.513. The molecule has 0 saturated carbocycles. The molecule has 19 heavy (non-hydrogen) atoms. The SMILES string of the molecule is O=[P+](O)c1c(-c2ccccc2)ccc2ccccc12. The molecule has 92 valence electrons. The van der Waals surface area contributed by atoms with E-state index < -0.39 is 8.03 Å². The predicted octanol–water partition coefficient (Wildman–Crippen LogP) is 3.87. The Labute approximate surface area is 112 Å². The van der Waals surface area contributed by atoms with E-state index in [4.69, 9.17) is 0 Å². The van der Waals surface area contributed by atoms with Crippen LogP contribution in [0, 0.1) is 0 Å². The van der Waals surface area contributed by atoms with Gasteiger partial charge in [0.15, 0.2) is 0 Å². The van der Waals surface area contributed by atoms with Gasteiger partial charge >= 0.3 is 8.03 Å². The van der Waals surface area contributed by atoms with Crippen molar-refractivity contribution in [1.29, 1.82) is 0 Å². The Morgan fingerprint density at radius 2 is 1.47 bits per heavy atom. The van der Waals surface area contributed by atoms with Crippen LogP contribution >= 0.6 is 8.03 Å². The summed E-state index contributed by atoms with van der Waals surface area (Å²) >= 11 is 0. The number of hydrogen-bond acceptors (Lipinski definition) is 1. The van der Waals surface area contributed by atoms with Gasteiger partial charge in [0.1, 0.15) is 0 Å². The molecule has 0 aliphatic carbocycles. The largest absolute Gasteiger partial charge is 0.547 e. The first-order valence-corrected chi connectivity index (χ1v) is 7.22. The zero-order valence-corrected chi connectivity index (χ0v) is 11.0. The lowest BCUT2D eigenvalue weighted by atomic mass is 10.0. The molecule has 0 heterocycles. The second-order valence-corrected chi connectivity index (χ2v) is 5.31. The summed E-state index contributed by atoms with van der Waals surface area (Å²) in [7, 11) is -2.39. The highest BCUT2D eigenvalue weighted by Crippen LogP contribution is 2.30. The van der Waals surface area contributed by atoms with Crippen LogP contribution < -0.4 is 5.30 Å². The monoisotopic (exact) mass is 267 g/mol. The van der Waals surface area contributed by atoms with E-state index in [9.17, 15) is 9.46 Å². The highest BCUT2D eigenvalue weighted by molar-refractivity contribution is 7.48. The van der Waals surface area contributed by atoms with Gasteiger partial charge in [-0.2, -0.15) is 4.89 Å². The van der Waals surface area contributed by atoms with Crippen LogP contribution in [0.15, 0.2) is 66.7 Å². The molecule has 3 heteroatoms. The molecule has 3 aromatic carbocycles. The van der Waals surface area contributed by atoms with E-state index in [0.29, 0.717) is 5.30 Å². The molecule has 3 aromatic rings. The number of fused-ring (bicyclic) bond motifs is 1. The molecule has 0 aromatic heterocycles. The molecule has 0 radical (unpaired) electrons. The summed E-state index contributed by atoms with van der Waals surface area (Å²) in [6.07, 6.45) is 0. The Hall–Kier alpha value is -2.02. The van der Waals surface area contributed by atoms with E-state index in [1.807, 2.05) is 66.7 Å². The fraction of sp³-hybridized carbons (Fsp3) is 0.